The van der Waals surface area contributed by atoms with Crippen molar-refractivity contribution in [2.75, 3.05) is 11.9 Å². The Balaban J connectivity index is 1.71. The first kappa shape index (κ1) is 14.7. The lowest BCUT2D eigenvalue weighted by molar-refractivity contribution is 0.102. The lowest BCUT2D eigenvalue weighted by Gasteiger charge is -2.07. The van der Waals surface area contributed by atoms with Crippen molar-refractivity contribution in [3.8, 4) is 0 Å². The van der Waals surface area contributed by atoms with Gasteiger partial charge < -0.3 is 11.1 Å². The Morgan fingerprint density at radius 3 is 3.05 bits per heavy atom. The lowest BCUT2D eigenvalue weighted by Crippen LogP contribution is -2.14. The first-order valence-corrected chi connectivity index (χ1v) is 7.69. The third kappa shape index (κ3) is 3.17. The van der Waals surface area contributed by atoms with E-state index in [4.69, 9.17) is 5.73 Å². The van der Waals surface area contributed by atoms with Crippen LogP contribution < -0.4 is 11.1 Å². The van der Waals surface area contributed by atoms with Crippen LogP contribution in [0.3, 0.4) is 0 Å². The number of pyridine rings is 1. The molecule has 2 heterocycles. The molecular weight excluding hydrogens is 278 g/mol. The Kier molecular flexibility index (Phi) is 4.20. The zero-order chi connectivity index (χ0) is 15.5. The molecule has 1 aliphatic rings. The number of rotatable bonds is 6. The van der Waals surface area contributed by atoms with Gasteiger partial charge in [0.1, 0.15) is 5.82 Å². The summed E-state index contributed by atoms with van der Waals surface area (Å²) in [6.45, 7) is 2.59. The average Bonchev–Trinajstić information content (AvgIpc) is 3.28. The topological polar surface area (TPSA) is 85.8 Å². The van der Waals surface area contributed by atoms with E-state index in [0.29, 0.717) is 24.0 Å². The van der Waals surface area contributed by atoms with E-state index in [9.17, 15) is 4.79 Å². The normalized spacial score (nSPS) is 14.1. The van der Waals surface area contributed by atoms with Gasteiger partial charge in [0.15, 0.2) is 0 Å². The molecule has 1 aliphatic carbocycles. The summed E-state index contributed by atoms with van der Waals surface area (Å²) in [7, 11) is 0. The highest BCUT2D eigenvalue weighted by molar-refractivity contribution is 6.04. The van der Waals surface area contributed by atoms with Crippen LogP contribution in [0.4, 0.5) is 5.82 Å². The molecule has 6 nitrogen and oxygen atoms in total. The van der Waals surface area contributed by atoms with Gasteiger partial charge in [-0.1, -0.05) is 0 Å². The molecule has 1 amide bonds. The van der Waals surface area contributed by atoms with Crippen molar-refractivity contribution in [3.63, 3.8) is 0 Å². The SMILES string of the molecule is Cc1c(C(=O)Nc2cc(CCCN)ccn2)cnn1C1CC1. The van der Waals surface area contributed by atoms with Crippen molar-refractivity contribution < 1.29 is 4.79 Å². The van der Waals surface area contributed by atoms with Gasteiger partial charge in [-0.3, -0.25) is 9.48 Å². The summed E-state index contributed by atoms with van der Waals surface area (Å²) in [5.74, 6) is 0.408. The average molecular weight is 299 g/mol. The first-order valence-electron chi connectivity index (χ1n) is 7.69. The second-order valence-electron chi connectivity index (χ2n) is 5.72. The van der Waals surface area contributed by atoms with Crippen molar-refractivity contribution in [1.82, 2.24) is 14.8 Å². The predicted molar refractivity (Wildman–Crippen MR) is 84.8 cm³/mol. The van der Waals surface area contributed by atoms with E-state index in [1.165, 1.54) is 0 Å². The number of anilines is 1. The number of hydrogen-bond donors (Lipinski definition) is 2. The van der Waals surface area contributed by atoms with Crippen LogP contribution in [-0.4, -0.2) is 27.2 Å². The highest BCUT2D eigenvalue weighted by atomic mass is 16.1. The molecule has 6 heteroatoms. The Labute approximate surface area is 129 Å². The van der Waals surface area contributed by atoms with E-state index >= 15 is 0 Å². The van der Waals surface area contributed by atoms with Gasteiger partial charge in [-0.2, -0.15) is 5.10 Å². The van der Waals surface area contributed by atoms with Gasteiger partial charge in [-0.05, 0) is 56.8 Å². The molecule has 3 rings (SSSR count). The van der Waals surface area contributed by atoms with E-state index in [-0.39, 0.29) is 5.91 Å². The van der Waals surface area contributed by atoms with Gasteiger partial charge in [0, 0.05) is 11.9 Å². The van der Waals surface area contributed by atoms with E-state index in [2.05, 4.69) is 15.4 Å². The molecule has 0 aliphatic heterocycles. The fraction of sp³-hybridized carbons (Fsp3) is 0.438. The minimum absolute atomic E-state index is 0.159. The van der Waals surface area contributed by atoms with Crippen LogP contribution in [0.5, 0.6) is 0 Å². The monoisotopic (exact) mass is 299 g/mol. The van der Waals surface area contributed by atoms with Crippen molar-refractivity contribution in [1.29, 1.82) is 0 Å². The predicted octanol–water partition coefficient (Wildman–Crippen LogP) is 2.07. The summed E-state index contributed by atoms with van der Waals surface area (Å²) in [5.41, 5.74) is 8.18. The molecular formula is C16H21N5O. The van der Waals surface area contributed by atoms with Crippen LogP contribution in [0, 0.1) is 6.92 Å². The number of amides is 1. The second kappa shape index (κ2) is 6.27. The van der Waals surface area contributed by atoms with Gasteiger partial charge >= 0.3 is 0 Å². The smallest absolute Gasteiger partial charge is 0.260 e. The van der Waals surface area contributed by atoms with Gasteiger partial charge in [0.2, 0.25) is 0 Å². The number of nitrogens with zero attached hydrogens (tertiary/aromatic N) is 3. The Morgan fingerprint density at radius 2 is 2.32 bits per heavy atom. The molecule has 1 saturated carbocycles. The number of hydrogen-bond acceptors (Lipinski definition) is 4. The summed E-state index contributed by atoms with van der Waals surface area (Å²) < 4.78 is 1.94. The number of nitrogens with two attached hydrogens (primary N) is 1. The molecule has 2 aromatic rings. The lowest BCUT2D eigenvalue weighted by atomic mass is 10.1. The van der Waals surface area contributed by atoms with E-state index in [0.717, 1.165) is 36.9 Å². The van der Waals surface area contributed by atoms with Crippen molar-refractivity contribution in [2.24, 2.45) is 5.73 Å². The summed E-state index contributed by atoms with van der Waals surface area (Å²) in [4.78, 5) is 16.6. The van der Waals surface area contributed by atoms with Crippen LogP contribution in [0.25, 0.3) is 0 Å². The molecule has 116 valence electrons. The Bertz CT molecular complexity index is 675. The molecule has 0 radical (unpaired) electrons. The Hall–Kier alpha value is -2.21. The molecule has 22 heavy (non-hydrogen) atoms. The maximum Gasteiger partial charge on any atom is 0.260 e. The summed E-state index contributed by atoms with van der Waals surface area (Å²) in [5, 5.41) is 7.17. The summed E-state index contributed by atoms with van der Waals surface area (Å²) in [6.07, 6.45) is 7.46. The molecule has 0 aromatic carbocycles. The van der Waals surface area contributed by atoms with Crippen LogP contribution in [0.15, 0.2) is 24.5 Å². The number of aromatic nitrogens is 3. The Morgan fingerprint density at radius 1 is 1.50 bits per heavy atom. The first-order chi connectivity index (χ1) is 10.7. The van der Waals surface area contributed by atoms with Crippen LogP contribution >= 0.6 is 0 Å². The number of nitrogens with one attached hydrogen (secondary N) is 1. The largest absolute Gasteiger partial charge is 0.330 e. The van der Waals surface area contributed by atoms with Gasteiger partial charge in [-0.15, -0.1) is 0 Å². The van der Waals surface area contributed by atoms with Crippen LogP contribution in [0.2, 0.25) is 0 Å². The number of aryl methyl sites for hydroxylation is 1. The zero-order valence-corrected chi connectivity index (χ0v) is 12.7. The van der Waals surface area contributed by atoms with Crippen molar-refractivity contribution in [2.45, 2.75) is 38.6 Å². The molecule has 0 saturated heterocycles. The van der Waals surface area contributed by atoms with Crippen molar-refractivity contribution >= 4 is 11.7 Å². The molecule has 1 fully saturated rings. The standard InChI is InChI=1S/C16H21N5O/c1-11-14(10-19-21(11)13-4-5-13)16(22)20-15-9-12(3-2-7-17)6-8-18-15/h6,8-10,13H,2-5,7,17H2,1H3,(H,18,20,22). The van der Waals surface area contributed by atoms with Gasteiger partial charge in [0.25, 0.3) is 5.91 Å². The van der Waals surface area contributed by atoms with Crippen molar-refractivity contribution in [3.05, 3.63) is 41.3 Å². The summed E-state index contributed by atoms with van der Waals surface area (Å²) in [6, 6.07) is 4.31. The molecule has 0 unspecified atom stereocenters. The quantitative estimate of drug-likeness (QED) is 0.855. The highest BCUT2D eigenvalue weighted by Gasteiger charge is 2.27. The fourth-order valence-electron chi connectivity index (χ4n) is 2.52. The number of carbonyl (C=O) groups is 1. The minimum Gasteiger partial charge on any atom is -0.330 e. The van der Waals surface area contributed by atoms with Crippen LogP contribution in [0.1, 0.15) is 46.9 Å². The fourth-order valence-corrected chi connectivity index (χ4v) is 2.52. The zero-order valence-electron chi connectivity index (χ0n) is 12.7. The van der Waals surface area contributed by atoms with E-state index in [1.54, 1.807) is 12.4 Å². The third-order valence-corrected chi connectivity index (χ3v) is 3.92. The number of carbonyl (C=O) groups excluding carboxylic acids is 1. The highest BCUT2D eigenvalue weighted by Crippen LogP contribution is 2.35. The maximum atomic E-state index is 12.4. The molecule has 2 aromatic heterocycles. The van der Waals surface area contributed by atoms with E-state index in [1.807, 2.05) is 23.7 Å². The van der Waals surface area contributed by atoms with E-state index < -0.39 is 0 Å². The maximum absolute atomic E-state index is 12.4. The van der Waals surface area contributed by atoms with Crippen LogP contribution in [-0.2, 0) is 6.42 Å². The minimum atomic E-state index is -0.159. The van der Waals surface area contributed by atoms with Gasteiger partial charge in [0.05, 0.1) is 17.8 Å². The molecule has 0 atom stereocenters. The third-order valence-electron chi connectivity index (χ3n) is 3.92. The molecule has 0 bridgehead atoms. The molecule has 0 spiro atoms. The summed E-state index contributed by atoms with van der Waals surface area (Å²) >= 11 is 0. The molecule has 3 N–H and O–H groups in total. The van der Waals surface area contributed by atoms with Gasteiger partial charge in [-0.25, -0.2) is 4.98 Å². The second-order valence-corrected chi connectivity index (χ2v) is 5.72.